The summed E-state index contributed by atoms with van der Waals surface area (Å²) >= 11 is 5.97. The molecule has 5 heteroatoms. The summed E-state index contributed by atoms with van der Waals surface area (Å²) in [5.74, 6) is 0.401. The summed E-state index contributed by atoms with van der Waals surface area (Å²) in [6, 6.07) is 10.3. The second kappa shape index (κ2) is 5.84. The van der Waals surface area contributed by atoms with E-state index in [1.807, 2.05) is 6.92 Å². The van der Waals surface area contributed by atoms with Crippen LogP contribution in [0.25, 0.3) is 0 Å². The first-order chi connectivity index (χ1) is 9.51. The summed E-state index contributed by atoms with van der Waals surface area (Å²) in [4.78, 5) is 12.2. The molecule has 0 aliphatic rings. The van der Waals surface area contributed by atoms with Gasteiger partial charge in [-0.1, -0.05) is 17.7 Å². The molecule has 1 amide bonds. The third kappa shape index (κ3) is 3.03. The standard InChI is InChI=1S/C15H15ClN2O2/c1-9-6-13(17)12(16)8-14(9)18-15(19)10-4-3-5-11(7-10)20-2/h3-8H,17H2,1-2H3,(H,18,19). The third-order valence-corrected chi connectivity index (χ3v) is 3.25. The van der Waals surface area contributed by atoms with Gasteiger partial charge in [-0.25, -0.2) is 0 Å². The van der Waals surface area contributed by atoms with Crippen molar-refractivity contribution in [3.8, 4) is 5.75 Å². The Morgan fingerprint density at radius 1 is 1.30 bits per heavy atom. The maximum atomic E-state index is 12.2. The molecular formula is C15H15ClN2O2. The number of aryl methyl sites for hydroxylation is 1. The number of halogens is 1. The molecule has 2 aromatic carbocycles. The van der Waals surface area contributed by atoms with Gasteiger partial charge in [-0.05, 0) is 42.8 Å². The van der Waals surface area contributed by atoms with Crippen LogP contribution in [0.5, 0.6) is 5.75 Å². The fraction of sp³-hybridized carbons (Fsp3) is 0.133. The molecular weight excluding hydrogens is 276 g/mol. The maximum Gasteiger partial charge on any atom is 0.255 e. The number of benzene rings is 2. The summed E-state index contributed by atoms with van der Waals surface area (Å²) in [7, 11) is 1.56. The summed E-state index contributed by atoms with van der Waals surface area (Å²) in [5.41, 5.74) is 8.19. The summed E-state index contributed by atoms with van der Waals surface area (Å²) in [5, 5.41) is 3.22. The van der Waals surface area contributed by atoms with Gasteiger partial charge < -0.3 is 15.8 Å². The van der Waals surface area contributed by atoms with Crippen molar-refractivity contribution in [3.63, 3.8) is 0 Å². The average molecular weight is 291 g/mol. The lowest BCUT2D eigenvalue weighted by molar-refractivity contribution is 0.102. The van der Waals surface area contributed by atoms with Crippen molar-refractivity contribution in [2.24, 2.45) is 0 Å². The highest BCUT2D eigenvalue weighted by atomic mass is 35.5. The summed E-state index contributed by atoms with van der Waals surface area (Å²) in [6.07, 6.45) is 0. The van der Waals surface area contributed by atoms with E-state index in [1.54, 1.807) is 43.5 Å². The first-order valence-electron chi connectivity index (χ1n) is 6.02. The predicted octanol–water partition coefficient (Wildman–Crippen LogP) is 3.49. The topological polar surface area (TPSA) is 64.3 Å². The van der Waals surface area contributed by atoms with E-state index in [1.165, 1.54) is 0 Å². The Bertz CT molecular complexity index is 656. The van der Waals surface area contributed by atoms with E-state index in [4.69, 9.17) is 22.1 Å². The molecule has 20 heavy (non-hydrogen) atoms. The molecule has 4 nitrogen and oxygen atoms in total. The van der Waals surface area contributed by atoms with Crippen LogP contribution in [-0.4, -0.2) is 13.0 Å². The van der Waals surface area contributed by atoms with Crippen molar-refractivity contribution in [1.29, 1.82) is 0 Å². The Hall–Kier alpha value is -2.20. The highest BCUT2D eigenvalue weighted by Crippen LogP contribution is 2.27. The van der Waals surface area contributed by atoms with Crippen LogP contribution < -0.4 is 15.8 Å². The number of carbonyl (C=O) groups excluding carboxylic acids is 1. The molecule has 2 rings (SSSR count). The smallest absolute Gasteiger partial charge is 0.255 e. The molecule has 0 saturated heterocycles. The molecule has 0 bridgehead atoms. The first-order valence-corrected chi connectivity index (χ1v) is 6.40. The van der Waals surface area contributed by atoms with E-state index in [-0.39, 0.29) is 5.91 Å². The molecule has 0 fully saturated rings. The molecule has 0 unspecified atom stereocenters. The molecule has 0 heterocycles. The zero-order valence-electron chi connectivity index (χ0n) is 11.2. The zero-order chi connectivity index (χ0) is 14.7. The highest BCUT2D eigenvalue weighted by molar-refractivity contribution is 6.33. The fourth-order valence-electron chi connectivity index (χ4n) is 1.80. The van der Waals surface area contributed by atoms with E-state index in [0.717, 1.165) is 5.56 Å². The number of ether oxygens (including phenoxy) is 1. The van der Waals surface area contributed by atoms with Gasteiger partial charge in [-0.15, -0.1) is 0 Å². The van der Waals surface area contributed by atoms with Crippen molar-refractivity contribution in [2.75, 3.05) is 18.2 Å². The Balaban J connectivity index is 2.25. The van der Waals surface area contributed by atoms with E-state index in [0.29, 0.717) is 27.7 Å². The molecule has 0 spiro atoms. The molecule has 0 aliphatic carbocycles. The molecule has 0 aromatic heterocycles. The minimum absolute atomic E-state index is 0.229. The molecule has 0 saturated carbocycles. The van der Waals surface area contributed by atoms with Crippen LogP contribution in [0.2, 0.25) is 5.02 Å². The largest absolute Gasteiger partial charge is 0.497 e. The molecule has 0 radical (unpaired) electrons. The van der Waals surface area contributed by atoms with Crippen LogP contribution in [0.3, 0.4) is 0 Å². The first kappa shape index (κ1) is 14.2. The van der Waals surface area contributed by atoms with Crippen molar-refractivity contribution < 1.29 is 9.53 Å². The van der Waals surface area contributed by atoms with Crippen molar-refractivity contribution in [2.45, 2.75) is 6.92 Å². The van der Waals surface area contributed by atoms with E-state index >= 15 is 0 Å². The number of methoxy groups -OCH3 is 1. The SMILES string of the molecule is COc1cccc(C(=O)Nc2cc(Cl)c(N)cc2C)c1. The van der Waals surface area contributed by atoms with Crippen LogP contribution in [0, 0.1) is 6.92 Å². The van der Waals surface area contributed by atoms with Crippen LogP contribution in [-0.2, 0) is 0 Å². The van der Waals surface area contributed by atoms with Crippen LogP contribution in [0.4, 0.5) is 11.4 Å². The second-order valence-electron chi connectivity index (χ2n) is 4.37. The molecule has 3 N–H and O–H groups in total. The van der Waals surface area contributed by atoms with Gasteiger partial charge in [0.1, 0.15) is 5.75 Å². The normalized spacial score (nSPS) is 10.2. The molecule has 104 valence electrons. The minimum Gasteiger partial charge on any atom is -0.497 e. The van der Waals surface area contributed by atoms with Crippen LogP contribution in [0.1, 0.15) is 15.9 Å². The number of carbonyl (C=O) groups is 1. The van der Waals surface area contributed by atoms with E-state index in [2.05, 4.69) is 5.32 Å². The third-order valence-electron chi connectivity index (χ3n) is 2.92. The monoisotopic (exact) mass is 290 g/mol. The number of rotatable bonds is 3. The van der Waals surface area contributed by atoms with Gasteiger partial charge in [0.15, 0.2) is 0 Å². The summed E-state index contributed by atoms with van der Waals surface area (Å²) in [6.45, 7) is 1.86. The number of hydrogen-bond acceptors (Lipinski definition) is 3. The van der Waals surface area contributed by atoms with Crippen LogP contribution >= 0.6 is 11.6 Å². The van der Waals surface area contributed by atoms with Gasteiger partial charge >= 0.3 is 0 Å². The number of nitrogens with two attached hydrogens (primary N) is 1. The lowest BCUT2D eigenvalue weighted by atomic mass is 10.1. The molecule has 0 atom stereocenters. The van der Waals surface area contributed by atoms with E-state index in [9.17, 15) is 4.79 Å². The van der Waals surface area contributed by atoms with Crippen LogP contribution in [0.15, 0.2) is 36.4 Å². The van der Waals surface area contributed by atoms with Crippen molar-refractivity contribution >= 4 is 28.9 Å². The van der Waals surface area contributed by atoms with Gasteiger partial charge in [-0.2, -0.15) is 0 Å². The van der Waals surface area contributed by atoms with Crippen molar-refractivity contribution in [1.82, 2.24) is 0 Å². The fourth-order valence-corrected chi connectivity index (χ4v) is 1.96. The Morgan fingerprint density at radius 3 is 2.75 bits per heavy atom. The highest BCUT2D eigenvalue weighted by Gasteiger charge is 2.10. The van der Waals surface area contributed by atoms with Gasteiger partial charge in [0.05, 0.1) is 17.8 Å². The lowest BCUT2D eigenvalue weighted by Crippen LogP contribution is -2.13. The Labute approximate surface area is 122 Å². The average Bonchev–Trinajstić information content (AvgIpc) is 2.44. The van der Waals surface area contributed by atoms with Gasteiger partial charge in [0, 0.05) is 11.3 Å². The van der Waals surface area contributed by atoms with Crippen molar-refractivity contribution in [3.05, 3.63) is 52.5 Å². The van der Waals surface area contributed by atoms with Gasteiger partial charge in [-0.3, -0.25) is 4.79 Å². The Kier molecular flexibility index (Phi) is 4.15. The minimum atomic E-state index is -0.229. The second-order valence-corrected chi connectivity index (χ2v) is 4.78. The quantitative estimate of drug-likeness (QED) is 0.851. The van der Waals surface area contributed by atoms with Gasteiger partial charge in [0.2, 0.25) is 0 Å². The summed E-state index contributed by atoms with van der Waals surface area (Å²) < 4.78 is 5.10. The predicted molar refractivity (Wildman–Crippen MR) is 81.5 cm³/mol. The molecule has 2 aromatic rings. The van der Waals surface area contributed by atoms with Gasteiger partial charge in [0.25, 0.3) is 5.91 Å². The lowest BCUT2D eigenvalue weighted by Gasteiger charge is -2.11. The number of nitrogens with one attached hydrogen (secondary N) is 1. The molecule has 0 aliphatic heterocycles. The number of amides is 1. The number of anilines is 2. The Morgan fingerprint density at radius 2 is 2.05 bits per heavy atom. The number of nitrogen functional groups attached to an aromatic ring is 1. The van der Waals surface area contributed by atoms with E-state index < -0.39 is 0 Å². The number of hydrogen-bond donors (Lipinski definition) is 2. The zero-order valence-corrected chi connectivity index (χ0v) is 12.0. The maximum absolute atomic E-state index is 12.2.